The van der Waals surface area contributed by atoms with E-state index in [4.69, 9.17) is 4.52 Å². The molecule has 1 saturated heterocycles. The second kappa shape index (κ2) is 7.14. The molecular formula is C23H20IN4O2P. The normalized spacial score (nSPS) is 21.0. The van der Waals surface area contributed by atoms with Crippen molar-refractivity contribution >= 4 is 59.8 Å². The Morgan fingerprint density at radius 1 is 1.23 bits per heavy atom. The molecule has 2 aliphatic rings. The smallest absolute Gasteiger partial charge is 0.233 e. The van der Waals surface area contributed by atoms with Gasteiger partial charge < -0.3 is 14.4 Å². The molecule has 1 N–H and O–H groups in total. The zero-order valence-electron chi connectivity index (χ0n) is 16.8. The van der Waals surface area contributed by atoms with Crippen LogP contribution in [0.3, 0.4) is 0 Å². The highest BCUT2D eigenvalue weighted by Crippen LogP contribution is 2.54. The summed E-state index contributed by atoms with van der Waals surface area (Å²) in [7, 11) is 2.88. The Morgan fingerprint density at radius 3 is 2.77 bits per heavy atom. The summed E-state index contributed by atoms with van der Waals surface area (Å²) in [5.74, 6) is 1.51. The molecule has 3 unspecified atom stereocenters. The first kappa shape index (κ1) is 19.4. The number of anilines is 1. The molecule has 6 rings (SSSR count). The van der Waals surface area contributed by atoms with E-state index in [2.05, 4.69) is 59.1 Å². The highest BCUT2D eigenvalue weighted by molar-refractivity contribution is 14.1. The van der Waals surface area contributed by atoms with Gasteiger partial charge in [-0.3, -0.25) is 4.79 Å². The van der Waals surface area contributed by atoms with Gasteiger partial charge in [0.2, 0.25) is 5.91 Å². The largest absolute Gasteiger partial charge is 0.356 e. The number of β-lactam (4-membered cyclic amide) rings is 1. The van der Waals surface area contributed by atoms with Crippen molar-refractivity contribution in [2.75, 3.05) is 4.90 Å². The summed E-state index contributed by atoms with van der Waals surface area (Å²) in [5, 5.41) is 5.11. The van der Waals surface area contributed by atoms with E-state index in [1.165, 1.54) is 5.56 Å². The lowest BCUT2D eigenvalue weighted by Crippen LogP contribution is -2.57. The number of carbonyl (C=O) groups excluding carboxylic acids is 1. The average molecular weight is 542 g/mol. The molecule has 0 radical (unpaired) electrons. The van der Waals surface area contributed by atoms with Crippen LogP contribution in [-0.4, -0.2) is 21.0 Å². The van der Waals surface area contributed by atoms with Crippen LogP contribution in [0, 0.1) is 22.3 Å². The van der Waals surface area contributed by atoms with Crippen LogP contribution in [0.4, 0.5) is 5.69 Å². The van der Waals surface area contributed by atoms with E-state index in [0.29, 0.717) is 5.92 Å². The van der Waals surface area contributed by atoms with E-state index in [-0.39, 0.29) is 17.9 Å². The maximum atomic E-state index is 13.3. The van der Waals surface area contributed by atoms with Crippen molar-refractivity contribution in [2.24, 2.45) is 11.8 Å². The number of hydrogen-bond acceptors (Lipinski definition) is 4. The van der Waals surface area contributed by atoms with E-state index in [1.54, 1.807) is 6.33 Å². The number of amides is 1. The van der Waals surface area contributed by atoms with E-state index in [1.807, 2.05) is 36.1 Å². The molecule has 1 aliphatic carbocycles. The van der Waals surface area contributed by atoms with Crippen LogP contribution < -0.4 is 10.2 Å². The van der Waals surface area contributed by atoms with Crippen LogP contribution in [0.15, 0.2) is 47.2 Å². The molecule has 8 heteroatoms. The van der Waals surface area contributed by atoms with Crippen LogP contribution in [0.25, 0.3) is 22.4 Å². The fraction of sp³-hybridized carbons (Fsp3) is 0.261. The second-order valence-corrected chi connectivity index (χ2v) is 10.2. The Hall–Kier alpha value is -2.25. The maximum absolute atomic E-state index is 13.3. The topological polar surface area (TPSA) is 75.0 Å². The lowest BCUT2D eigenvalue weighted by Gasteiger charge is -2.48. The summed E-state index contributed by atoms with van der Waals surface area (Å²) in [4.78, 5) is 22.7. The number of carbonyl (C=O) groups is 1. The molecular weight excluding hydrogens is 522 g/mol. The maximum Gasteiger partial charge on any atom is 0.233 e. The van der Waals surface area contributed by atoms with E-state index >= 15 is 0 Å². The first-order valence-corrected chi connectivity index (χ1v) is 12.0. The molecule has 156 valence electrons. The van der Waals surface area contributed by atoms with Crippen LogP contribution >= 0.6 is 31.8 Å². The van der Waals surface area contributed by atoms with Crippen LogP contribution in [0.1, 0.15) is 30.1 Å². The summed E-state index contributed by atoms with van der Waals surface area (Å²) >= 11 is 2.39. The standard InChI is InChI=1S/C23H20IN4O2P/c1-11-6-18(30-27-11)13-7-15(24)21(19(31)8-13)22-20(12-2-3-12)23(29)28(22)14-4-5-16-17(9-14)26-10-25-16/h4-10,12,20,22H,2-3,31H2,1H3,(H,25,26). The number of halogens is 1. The number of fused-ring (bicyclic) bond motifs is 1. The third-order valence-corrected chi connectivity index (χ3v) is 7.69. The predicted octanol–water partition coefficient (Wildman–Crippen LogP) is 4.75. The number of benzene rings is 2. The monoisotopic (exact) mass is 542 g/mol. The predicted molar refractivity (Wildman–Crippen MR) is 131 cm³/mol. The highest BCUT2D eigenvalue weighted by atomic mass is 127. The summed E-state index contributed by atoms with van der Waals surface area (Å²) in [6.45, 7) is 1.92. The molecule has 31 heavy (non-hydrogen) atoms. The molecule has 0 bridgehead atoms. The van der Waals surface area contributed by atoms with Crippen molar-refractivity contribution < 1.29 is 9.32 Å². The summed E-state index contributed by atoms with van der Waals surface area (Å²) in [5.41, 5.74) is 5.80. The first-order valence-electron chi connectivity index (χ1n) is 10.3. The number of hydrogen-bond donors (Lipinski definition) is 1. The van der Waals surface area contributed by atoms with E-state index in [0.717, 1.165) is 55.5 Å². The van der Waals surface area contributed by atoms with Gasteiger partial charge in [0.25, 0.3) is 0 Å². The minimum atomic E-state index is 0.0290. The van der Waals surface area contributed by atoms with Crippen molar-refractivity contribution in [3.63, 3.8) is 0 Å². The number of aromatic amines is 1. The molecule has 6 nitrogen and oxygen atoms in total. The molecule has 1 aliphatic heterocycles. The van der Waals surface area contributed by atoms with Gasteiger partial charge in [0.1, 0.15) is 0 Å². The fourth-order valence-corrected chi connectivity index (χ4v) is 6.45. The minimum Gasteiger partial charge on any atom is -0.356 e. The molecule has 0 spiro atoms. The molecule has 1 amide bonds. The Bertz CT molecular complexity index is 1320. The number of nitrogens with zero attached hydrogens (tertiary/aromatic N) is 3. The number of nitrogens with one attached hydrogen (secondary N) is 1. The van der Waals surface area contributed by atoms with Crippen molar-refractivity contribution in [2.45, 2.75) is 25.8 Å². The molecule has 3 atom stereocenters. The molecule has 2 fully saturated rings. The summed E-state index contributed by atoms with van der Waals surface area (Å²) in [6.07, 6.45) is 3.96. The van der Waals surface area contributed by atoms with Gasteiger partial charge in [0.05, 0.1) is 35.0 Å². The van der Waals surface area contributed by atoms with Gasteiger partial charge >= 0.3 is 0 Å². The third kappa shape index (κ3) is 3.12. The first-order chi connectivity index (χ1) is 15.0. The van der Waals surface area contributed by atoms with Gasteiger partial charge in [0, 0.05) is 20.9 Å². The lowest BCUT2D eigenvalue weighted by molar-refractivity contribution is -0.131. The SMILES string of the molecule is Cc1cc(-c2cc(P)c(C3C(C4CC4)C(=O)N3c3ccc4[nH]cnc4c3)c(I)c2)on1. The molecule has 2 aromatic carbocycles. The second-order valence-electron chi connectivity index (χ2n) is 8.41. The van der Waals surface area contributed by atoms with Gasteiger partial charge in [-0.1, -0.05) is 5.16 Å². The Labute approximate surface area is 195 Å². The highest BCUT2D eigenvalue weighted by Gasteiger charge is 2.56. The number of imidazole rings is 1. The fourth-order valence-electron chi connectivity index (χ4n) is 4.69. The number of aromatic nitrogens is 3. The molecule has 2 aromatic heterocycles. The number of aryl methyl sites for hydroxylation is 1. The molecule has 3 heterocycles. The zero-order valence-corrected chi connectivity index (χ0v) is 20.1. The van der Waals surface area contributed by atoms with E-state index in [9.17, 15) is 4.79 Å². The van der Waals surface area contributed by atoms with Crippen LogP contribution in [-0.2, 0) is 4.79 Å². The van der Waals surface area contributed by atoms with Crippen molar-refractivity contribution in [3.05, 3.63) is 57.6 Å². The molecule has 4 aromatic rings. The summed E-state index contributed by atoms with van der Waals surface area (Å²) < 4.78 is 6.60. The van der Waals surface area contributed by atoms with Gasteiger partial charge in [-0.15, -0.1) is 9.24 Å². The van der Waals surface area contributed by atoms with Crippen molar-refractivity contribution in [1.82, 2.24) is 15.1 Å². The van der Waals surface area contributed by atoms with Gasteiger partial charge in [0.15, 0.2) is 5.76 Å². The average Bonchev–Trinajstić information content (AvgIpc) is 3.26. The lowest BCUT2D eigenvalue weighted by atomic mass is 9.78. The quantitative estimate of drug-likeness (QED) is 0.230. The van der Waals surface area contributed by atoms with Gasteiger partial charge in [-0.05, 0) is 89.5 Å². The Kier molecular flexibility index (Phi) is 4.47. The number of rotatable bonds is 4. The van der Waals surface area contributed by atoms with E-state index < -0.39 is 0 Å². The third-order valence-electron chi connectivity index (χ3n) is 6.32. The van der Waals surface area contributed by atoms with Gasteiger partial charge in [-0.25, -0.2) is 4.98 Å². The Balaban J connectivity index is 1.44. The van der Waals surface area contributed by atoms with Gasteiger partial charge in [-0.2, -0.15) is 0 Å². The van der Waals surface area contributed by atoms with Crippen LogP contribution in [0.5, 0.6) is 0 Å². The molecule has 1 saturated carbocycles. The van der Waals surface area contributed by atoms with Crippen molar-refractivity contribution in [3.8, 4) is 11.3 Å². The summed E-state index contributed by atoms with van der Waals surface area (Å²) in [6, 6.07) is 12.2. The minimum absolute atomic E-state index is 0.0290. The zero-order chi connectivity index (χ0) is 21.3. The van der Waals surface area contributed by atoms with Crippen molar-refractivity contribution in [1.29, 1.82) is 0 Å². The Morgan fingerprint density at radius 2 is 2.06 bits per heavy atom. The number of H-pyrrole nitrogens is 1. The van der Waals surface area contributed by atoms with Crippen LogP contribution in [0.2, 0.25) is 0 Å².